The van der Waals surface area contributed by atoms with Gasteiger partial charge < -0.3 is 5.32 Å². The Morgan fingerprint density at radius 3 is 2.47 bits per heavy atom. The molecule has 0 heterocycles. The first-order valence-corrected chi connectivity index (χ1v) is 5.62. The Hall–Kier alpha value is -1.02. The average Bonchev–Trinajstić information content (AvgIpc) is 2.23. The lowest BCUT2D eigenvalue weighted by Gasteiger charge is -2.13. The van der Waals surface area contributed by atoms with Gasteiger partial charge >= 0.3 is 0 Å². The molecule has 0 aliphatic carbocycles. The molecule has 0 radical (unpaired) electrons. The van der Waals surface area contributed by atoms with Gasteiger partial charge in [-0.15, -0.1) is 0 Å². The second-order valence-corrected chi connectivity index (χ2v) is 3.89. The molecule has 0 saturated carbocycles. The molecule has 0 aliphatic rings. The van der Waals surface area contributed by atoms with Crippen LogP contribution in [0.25, 0.3) is 0 Å². The van der Waals surface area contributed by atoms with Crippen LogP contribution in [0.1, 0.15) is 26.7 Å². The zero-order valence-corrected chi connectivity index (χ0v) is 9.84. The van der Waals surface area contributed by atoms with E-state index in [1.54, 1.807) is 6.07 Å². The van der Waals surface area contributed by atoms with Crippen molar-refractivity contribution >= 4 is 23.2 Å². The molecule has 3 heteroatoms. The first kappa shape index (κ1) is 12.1. The van der Waals surface area contributed by atoms with Crippen LogP contribution < -0.4 is 5.32 Å². The number of para-hydroxylation sites is 1. The van der Waals surface area contributed by atoms with Crippen LogP contribution in [0.2, 0.25) is 5.02 Å². The smallest absolute Gasteiger partial charge is 0.227 e. The molecule has 82 valence electrons. The van der Waals surface area contributed by atoms with Gasteiger partial charge in [0.2, 0.25) is 5.91 Å². The summed E-state index contributed by atoms with van der Waals surface area (Å²) in [5, 5.41) is 3.42. The largest absolute Gasteiger partial charge is 0.325 e. The molecule has 0 aromatic heterocycles. The predicted octanol–water partition coefficient (Wildman–Crippen LogP) is 3.71. The molecule has 0 spiro atoms. The van der Waals surface area contributed by atoms with Crippen molar-refractivity contribution < 1.29 is 4.79 Å². The van der Waals surface area contributed by atoms with Crippen molar-refractivity contribution in [1.82, 2.24) is 0 Å². The summed E-state index contributed by atoms with van der Waals surface area (Å²) in [5.41, 5.74) is 0.691. The van der Waals surface area contributed by atoms with Crippen LogP contribution in [0.5, 0.6) is 0 Å². The van der Waals surface area contributed by atoms with E-state index in [0.717, 1.165) is 12.8 Å². The lowest BCUT2D eigenvalue weighted by molar-refractivity contribution is -0.120. The highest BCUT2D eigenvalue weighted by molar-refractivity contribution is 6.33. The number of hydrogen-bond donors (Lipinski definition) is 1. The van der Waals surface area contributed by atoms with E-state index < -0.39 is 0 Å². The molecule has 0 unspecified atom stereocenters. The molecule has 0 bridgehead atoms. The Morgan fingerprint density at radius 2 is 1.93 bits per heavy atom. The second kappa shape index (κ2) is 5.76. The van der Waals surface area contributed by atoms with Crippen LogP contribution in [-0.4, -0.2) is 5.91 Å². The molecule has 1 N–H and O–H groups in total. The van der Waals surface area contributed by atoms with Crippen molar-refractivity contribution in [3.05, 3.63) is 29.3 Å². The Labute approximate surface area is 95.6 Å². The van der Waals surface area contributed by atoms with Gasteiger partial charge in [0.1, 0.15) is 0 Å². The minimum atomic E-state index is 0.0492. The van der Waals surface area contributed by atoms with E-state index in [1.165, 1.54) is 0 Å². The van der Waals surface area contributed by atoms with E-state index in [1.807, 2.05) is 32.0 Å². The highest BCUT2D eigenvalue weighted by Crippen LogP contribution is 2.21. The highest BCUT2D eigenvalue weighted by atomic mass is 35.5. The molecule has 1 rings (SSSR count). The molecule has 0 fully saturated rings. The number of nitrogens with one attached hydrogen (secondary N) is 1. The van der Waals surface area contributed by atoms with Gasteiger partial charge in [-0.1, -0.05) is 37.6 Å². The molecule has 1 amide bonds. The molecule has 0 saturated heterocycles. The van der Waals surface area contributed by atoms with E-state index in [9.17, 15) is 4.79 Å². The molecule has 0 aliphatic heterocycles. The number of amides is 1. The topological polar surface area (TPSA) is 29.1 Å². The first-order valence-electron chi connectivity index (χ1n) is 5.24. The fourth-order valence-electron chi connectivity index (χ4n) is 1.46. The molecule has 1 aromatic rings. The number of carbonyl (C=O) groups is 1. The van der Waals surface area contributed by atoms with Crippen LogP contribution in [0.15, 0.2) is 24.3 Å². The predicted molar refractivity (Wildman–Crippen MR) is 64.2 cm³/mol. The van der Waals surface area contributed by atoms with Crippen molar-refractivity contribution in [2.24, 2.45) is 5.92 Å². The zero-order valence-electron chi connectivity index (χ0n) is 9.09. The summed E-state index contributed by atoms with van der Waals surface area (Å²) in [7, 11) is 0. The zero-order chi connectivity index (χ0) is 11.3. The van der Waals surface area contributed by atoms with Crippen molar-refractivity contribution in [3.8, 4) is 0 Å². The van der Waals surface area contributed by atoms with Crippen LogP contribution in [0.4, 0.5) is 5.69 Å². The van der Waals surface area contributed by atoms with Gasteiger partial charge in [0.25, 0.3) is 0 Å². The summed E-state index contributed by atoms with van der Waals surface area (Å²) in [5.74, 6) is 0.120. The lowest BCUT2D eigenvalue weighted by Crippen LogP contribution is -2.21. The molecule has 15 heavy (non-hydrogen) atoms. The minimum Gasteiger partial charge on any atom is -0.325 e. The van der Waals surface area contributed by atoms with Crippen molar-refractivity contribution in [1.29, 1.82) is 0 Å². The van der Waals surface area contributed by atoms with Crippen LogP contribution in [0, 0.1) is 5.92 Å². The van der Waals surface area contributed by atoms with Gasteiger partial charge in [0, 0.05) is 5.92 Å². The monoisotopic (exact) mass is 225 g/mol. The Balaban J connectivity index is 2.70. The quantitative estimate of drug-likeness (QED) is 0.832. The van der Waals surface area contributed by atoms with Gasteiger partial charge in [-0.2, -0.15) is 0 Å². The maximum absolute atomic E-state index is 11.8. The fraction of sp³-hybridized carbons (Fsp3) is 0.417. The number of carbonyl (C=O) groups excluding carboxylic acids is 1. The van der Waals surface area contributed by atoms with E-state index in [0.29, 0.717) is 10.7 Å². The third-order valence-electron chi connectivity index (χ3n) is 2.49. The van der Waals surface area contributed by atoms with Gasteiger partial charge in [0.15, 0.2) is 0 Å². The SMILES string of the molecule is CCC(CC)C(=O)Nc1ccccc1Cl. The number of halogens is 1. The number of hydrogen-bond acceptors (Lipinski definition) is 1. The van der Waals surface area contributed by atoms with Crippen LogP contribution >= 0.6 is 11.6 Å². The lowest BCUT2D eigenvalue weighted by atomic mass is 10.0. The number of rotatable bonds is 4. The average molecular weight is 226 g/mol. The molecular weight excluding hydrogens is 210 g/mol. The second-order valence-electron chi connectivity index (χ2n) is 3.48. The molecular formula is C12H16ClNO. The third-order valence-corrected chi connectivity index (χ3v) is 2.82. The standard InChI is InChI=1S/C12H16ClNO/c1-3-9(4-2)12(15)14-11-8-6-5-7-10(11)13/h5-9H,3-4H2,1-2H3,(H,14,15). The Kier molecular flexibility index (Phi) is 4.63. The van der Waals surface area contributed by atoms with E-state index >= 15 is 0 Å². The van der Waals surface area contributed by atoms with Gasteiger partial charge in [0.05, 0.1) is 10.7 Å². The van der Waals surface area contributed by atoms with Gasteiger partial charge in [-0.25, -0.2) is 0 Å². The fourth-order valence-corrected chi connectivity index (χ4v) is 1.64. The summed E-state index contributed by atoms with van der Waals surface area (Å²) >= 11 is 5.94. The van der Waals surface area contributed by atoms with Crippen LogP contribution in [0.3, 0.4) is 0 Å². The van der Waals surface area contributed by atoms with Crippen molar-refractivity contribution in [3.63, 3.8) is 0 Å². The Bertz CT molecular complexity index is 334. The molecule has 2 nitrogen and oxygen atoms in total. The van der Waals surface area contributed by atoms with Crippen molar-refractivity contribution in [2.75, 3.05) is 5.32 Å². The van der Waals surface area contributed by atoms with Crippen molar-refractivity contribution in [2.45, 2.75) is 26.7 Å². The summed E-state index contributed by atoms with van der Waals surface area (Å²) < 4.78 is 0. The Morgan fingerprint density at radius 1 is 1.33 bits per heavy atom. The summed E-state index contributed by atoms with van der Waals surface area (Å²) in [6, 6.07) is 7.27. The summed E-state index contributed by atoms with van der Waals surface area (Å²) in [6.07, 6.45) is 1.71. The molecule has 0 atom stereocenters. The minimum absolute atomic E-state index is 0.0492. The highest BCUT2D eigenvalue weighted by Gasteiger charge is 2.14. The number of benzene rings is 1. The maximum atomic E-state index is 11.8. The maximum Gasteiger partial charge on any atom is 0.227 e. The normalized spacial score (nSPS) is 10.4. The van der Waals surface area contributed by atoms with E-state index in [-0.39, 0.29) is 11.8 Å². The van der Waals surface area contributed by atoms with E-state index in [2.05, 4.69) is 5.32 Å². The van der Waals surface area contributed by atoms with Crippen LogP contribution in [-0.2, 0) is 4.79 Å². The van der Waals surface area contributed by atoms with Gasteiger partial charge in [-0.05, 0) is 25.0 Å². The third kappa shape index (κ3) is 3.24. The van der Waals surface area contributed by atoms with E-state index in [4.69, 9.17) is 11.6 Å². The summed E-state index contributed by atoms with van der Waals surface area (Å²) in [4.78, 5) is 11.8. The first-order chi connectivity index (χ1) is 7.19. The number of anilines is 1. The van der Waals surface area contributed by atoms with Gasteiger partial charge in [-0.3, -0.25) is 4.79 Å². The summed E-state index contributed by atoms with van der Waals surface area (Å²) in [6.45, 7) is 4.03. The molecule has 1 aromatic carbocycles.